The maximum Gasteiger partial charge on any atom is 0.247 e. The predicted octanol–water partition coefficient (Wildman–Crippen LogP) is 1.01. The number of nitrogens with one attached hydrogen (secondary N) is 1. The molecule has 0 aromatic rings. The number of nitrogens with zero attached hydrogens (tertiary/aromatic N) is 1. The second-order valence-electron chi connectivity index (χ2n) is 4.22. The largest absolute Gasteiger partial charge is 0.402 e. The van der Waals surface area contributed by atoms with Crippen molar-refractivity contribution < 1.29 is 4.79 Å². The van der Waals surface area contributed by atoms with Gasteiger partial charge in [-0.2, -0.15) is 0 Å². The highest BCUT2D eigenvalue weighted by atomic mass is 16.1. The molecule has 96 valence electrons. The van der Waals surface area contributed by atoms with Crippen molar-refractivity contribution in [3.63, 3.8) is 0 Å². The first-order valence-electron chi connectivity index (χ1n) is 6.33. The van der Waals surface area contributed by atoms with Gasteiger partial charge < -0.3 is 16.0 Å². The number of likely N-dealkylation sites (N-methyl/N-ethyl adjacent to an activating group) is 1. The summed E-state index contributed by atoms with van der Waals surface area (Å²) in [4.78, 5) is 14.1. The molecule has 0 atom stereocenters. The fourth-order valence-electron chi connectivity index (χ4n) is 1.82. The monoisotopic (exact) mass is 237 g/mol. The van der Waals surface area contributed by atoms with Gasteiger partial charge in [-0.3, -0.25) is 4.79 Å². The van der Waals surface area contributed by atoms with Gasteiger partial charge in [-0.25, -0.2) is 0 Å². The van der Waals surface area contributed by atoms with Gasteiger partial charge >= 0.3 is 0 Å². The lowest BCUT2D eigenvalue weighted by atomic mass is 10.0. The molecule has 0 fully saturated rings. The van der Waals surface area contributed by atoms with Crippen molar-refractivity contribution in [3.05, 3.63) is 23.4 Å². The molecule has 0 saturated carbocycles. The van der Waals surface area contributed by atoms with Crippen LogP contribution in [0.25, 0.3) is 0 Å². The Morgan fingerprint density at radius 1 is 1.35 bits per heavy atom. The van der Waals surface area contributed by atoms with Crippen LogP contribution < -0.4 is 11.1 Å². The lowest BCUT2D eigenvalue weighted by Gasteiger charge is -2.18. The van der Waals surface area contributed by atoms with Gasteiger partial charge in [0, 0.05) is 24.4 Å². The molecule has 0 heterocycles. The van der Waals surface area contributed by atoms with Gasteiger partial charge in [-0.15, -0.1) is 0 Å². The van der Waals surface area contributed by atoms with E-state index in [0.717, 1.165) is 43.7 Å². The zero-order chi connectivity index (χ0) is 12.7. The fourth-order valence-corrected chi connectivity index (χ4v) is 1.82. The SMILES string of the molecule is CCN(CC)CCNC(=O)C1=CC=C(N)CC1. The summed E-state index contributed by atoms with van der Waals surface area (Å²) >= 11 is 0. The van der Waals surface area contributed by atoms with Crippen LogP contribution >= 0.6 is 0 Å². The maximum absolute atomic E-state index is 11.8. The molecule has 4 nitrogen and oxygen atoms in total. The van der Waals surface area contributed by atoms with Crippen LogP contribution in [-0.2, 0) is 4.79 Å². The fraction of sp³-hybridized carbons (Fsp3) is 0.615. The Bertz CT molecular complexity index is 317. The van der Waals surface area contributed by atoms with Crippen molar-refractivity contribution in [3.8, 4) is 0 Å². The van der Waals surface area contributed by atoms with Crippen LogP contribution in [0, 0.1) is 0 Å². The van der Waals surface area contributed by atoms with Crippen LogP contribution in [0.15, 0.2) is 23.4 Å². The van der Waals surface area contributed by atoms with Gasteiger partial charge in [0.2, 0.25) is 5.91 Å². The highest BCUT2D eigenvalue weighted by molar-refractivity contribution is 5.93. The molecule has 1 aliphatic carbocycles. The Labute approximate surface area is 104 Å². The minimum absolute atomic E-state index is 0.0425. The van der Waals surface area contributed by atoms with E-state index < -0.39 is 0 Å². The third-order valence-electron chi connectivity index (χ3n) is 3.08. The summed E-state index contributed by atoms with van der Waals surface area (Å²) in [6.07, 6.45) is 5.18. The smallest absolute Gasteiger partial charge is 0.247 e. The van der Waals surface area contributed by atoms with E-state index in [1.54, 1.807) is 0 Å². The summed E-state index contributed by atoms with van der Waals surface area (Å²) in [5.74, 6) is 0.0425. The average molecular weight is 237 g/mol. The van der Waals surface area contributed by atoms with Crippen LogP contribution in [0.5, 0.6) is 0 Å². The number of rotatable bonds is 6. The van der Waals surface area contributed by atoms with E-state index in [0.29, 0.717) is 6.54 Å². The van der Waals surface area contributed by atoms with E-state index in [2.05, 4.69) is 24.1 Å². The van der Waals surface area contributed by atoms with Crippen LogP contribution in [0.4, 0.5) is 0 Å². The van der Waals surface area contributed by atoms with E-state index in [9.17, 15) is 4.79 Å². The molecule has 4 heteroatoms. The third kappa shape index (κ3) is 4.61. The molecular weight excluding hydrogens is 214 g/mol. The van der Waals surface area contributed by atoms with Crippen molar-refractivity contribution in [2.24, 2.45) is 5.73 Å². The van der Waals surface area contributed by atoms with Crippen LogP contribution in [0.2, 0.25) is 0 Å². The van der Waals surface area contributed by atoms with E-state index in [1.165, 1.54) is 0 Å². The third-order valence-corrected chi connectivity index (χ3v) is 3.08. The summed E-state index contributed by atoms with van der Waals surface area (Å²) in [6.45, 7) is 7.91. The lowest BCUT2D eigenvalue weighted by molar-refractivity contribution is -0.117. The number of carbonyl (C=O) groups is 1. The molecule has 0 saturated heterocycles. The number of hydrogen-bond acceptors (Lipinski definition) is 3. The summed E-state index contributed by atoms with van der Waals surface area (Å²) in [6, 6.07) is 0. The predicted molar refractivity (Wildman–Crippen MR) is 70.4 cm³/mol. The van der Waals surface area contributed by atoms with Gasteiger partial charge in [0.05, 0.1) is 0 Å². The number of hydrogen-bond donors (Lipinski definition) is 2. The highest BCUT2D eigenvalue weighted by Crippen LogP contribution is 2.14. The second-order valence-corrected chi connectivity index (χ2v) is 4.22. The molecule has 0 radical (unpaired) electrons. The normalized spacial score (nSPS) is 15.5. The van der Waals surface area contributed by atoms with E-state index >= 15 is 0 Å². The van der Waals surface area contributed by atoms with Crippen LogP contribution in [0.1, 0.15) is 26.7 Å². The standard InChI is InChI=1S/C13H23N3O/c1-3-16(4-2)10-9-15-13(17)11-5-7-12(14)8-6-11/h5,7H,3-4,6,8-10,14H2,1-2H3,(H,15,17). The first-order valence-corrected chi connectivity index (χ1v) is 6.33. The molecule has 17 heavy (non-hydrogen) atoms. The Balaban J connectivity index is 2.30. The Kier molecular flexibility index (Phi) is 5.77. The summed E-state index contributed by atoms with van der Waals surface area (Å²) < 4.78 is 0. The molecule has 1 aliphatic rings. The van der Waals surface area contributed by atoms with Gasteiger partial charge in [-0.05, 0) is 32.0 Å². The number of amides is 1. The zero-order valence-corrected chi connectivity index (χ0v) is 10.8. The van der Waals surface area contributed by atoms with Crippen molar-refractivity contribution in [1.82, 2.24) is 10.2 Å². The topological polar surface area (TPSA) is 58.4 Å². The molecule has 0 aromatic heterocycles. The number of allylic oxidation sites excluding steroid dienone is 3. The molecule has 1 amide bonds. The quantitative estimate of drug-likeness (QED) is 0.725. The van der Waals surface area contributed by atoms with E-state index in [4.69, 9.17) is 5.73 Å². The second kappa shape index (κ2) is 7.12. The highest BCUT2D eigenvalue weighted by Gasteiger charge is 2.11. The summed E-state index contributed by atoms with van der Waals surface area (Å²) in [5.41, 5.74) is 7.33. The minimum atomic E-state index is 0.0425. The maximum atomic E-state index is 11.8. The molecule has 0 aliphatic heterocycles. The molecule has 0 aromatic carbocycles. The zero-order valence-electron chi connectivity index (χ0n) is 10.8. The van der Waals surface area contributed by atoms with Gasteiger partial charge in [0.15, 0.2) is 0 Å². The lowest BCUT2D eigenvalue weighted by Crippen LogP contribution is -2.35. The van der Waals surface area contributed by atoms with Crippen molar-refractivity contribution in [2.45, 2.75) is 26.7 Å². The first kappa shape index (κ1) is 13.8. The minimum Gasteiger partial charge on any atom is -0.402 e. The number of nitrogens with two attached hydrogens (primary N) is 1. The Morgan fingerprint density at radius 2 is 2.06 bits per heavy atom. The van der Waals surface area contributed by atoms with Crippen molar-refractivity contribution in [2.75, 3.05) is 26.2 Å². The summed E-state index contributed by atoms with van der Waals surface area (Å²) in [7, 11) is 0. The molecular formula is C13H23N3O. The molecule has 1 rings (SSSR count). The molecule has 0 bridgehead atoms. The summed E-state index contributed by atoms with van der Waals surface area (Å²) in [5, 5.41) is 2.95. The van der Waals surface area contributed by atoms with Crippen LogP contribution in [0.3, 0.4) is 0 Å². The molecule has 0 spiro atoms. The van der Waals surface area contributed by atoms with Crippen LogP contribution in [-0.4, -0.2) is 37.0 Å². The van der Waals surface area contributed by atoms with E-state index in [1.807, 2.05) is 12.2 Å². The average Bonchev–Trinajstić information content (AvgIpc) is 2.35. The number of carbonyl (C=O) groups excluding carboxylic acids is 1. The van der Waals surface area contributed by atoms with Gasteiger partial charge in [0.25, 0.3) is 0 Å². The molecule has 3 N–H and O–H groups in total. The van der Waals surface area contributed by atoms with Gasteiger partial charge in [0.1, 0.15) is 0 Å². The van der Waals surface area contributed by atoms with Crippen molar-refractivity contribution in [1.29, 1.82) is 0 Å². The van der Waals surface area contributed by atoms with E-state index in [-0.39, 0.29) is 5.91 Å². The Morgan fingerprint density at radius 3 is 2.59 bits per heavy atom. The first-order chi connectivity index (χ1) is 8.17. The molecule has 0 unspecified atom stereocenters. The Hall–Kier alpha value is -1.29. The van der Waals surface area contributed by atoms with Crippen molar-refractivity contribution >= 4 is 5.91 Å². The van der Waals surface area contributed by atoms with Gasteiger partial charge in [-0.1, -0.05) is 19.9 Å².